The van der Waals surface area contributed by atoms with Crippen molar-refractivity contribution in [2.45, 2.75) is 117 Å². The van der Waals surface area contributed by atoms with Gasteiger partial charge in [-0.1, -0.05) is 84.3 Å². The molecular formula is C28H54O6. The smallest absolute Gasteiger partial charge is 0.306 e. The molecule has 0 aromatic heterocycles. The minimum Gasteiger partial charge on any atom is -0.463 e. The van der Waals surface area contributed by atoms with Crippen molar-refractivity contribution in [3.63, 3.8) is 0 Å². The fourth-order valence-electron chi connectivity index (χ4n) is 3.95. The highest BCUT2D eigenvalue weighted by molar-refractivity contribution is 5.69. The second-order valence-corrected chi connectivity index (χ2v) is 10.7. The van der Waals surface area contributed by atoms with Crippen LogP contribution >= 0.6 is 0 Å². The molecule has 4 unspecified atom stereocenters. The molecule has 3 N–H and O–H groups in total. The van der Waals surface area contributed by atoms with Crippen molar-refractivity contribution in [2.75, 3.05) is 26.4 Å². The molecule has 0 rings (SSSR count). The first-order valence-electron chi connectivity index (χ1n) is 13.5. The number of rotatable bonds is 22. The quantitative estimate of drug-likeness (QED) is 0.140. The molecule has 0 aromatic rings. The first kappa shape index (κ1) is 33.0. The molecule has 6 heteroatoms. The van der Waals surface area contributed by atoms with Crippen LogP contribution in [0.25, 0.3) is 0 Å². The van der Waals surface area contributed by atoms with Crippen molar-refractivity contribution < 1.29 is 29.6 Å². The Morgan fingerprint density at radius 1 is 0.794 bits per heavy atom. The molecule has 4 atom stereocenters. The van der Waals surface area contributed by atoms with Crippen LogP contribution in [0.3, 0.4) is 0 Å². The van der Waals surface area contributed by atoms with E-state index in [2.05, 4.69) is 40.7 Å². The largest absolute Gasteiger partial charge is 0.463 e. The normalized spacial score (nSPS) is 15.9. The lowest BCUT2D eigenvalue weighted by Crippen LogP contribution is -2.27. The molecule has 0 spiro atoms. The minimum absolute atomic E-state index is 0.0565. The number of carbonyl (C=O) groups is 1. The molecule has 0 aliphatic carbocycles. The van der Waals surface area contributed by atoms with E-state index in [0.717, 1.165) is 24.2 Å². The lowest BCUT2D eigenvalue weighted by Gasteiger charge is -2.15. The second-order valence-electron chi connectivity index (χ2n) is 10.7. The highest BCUT2D eigenvalue weighted by Crippen LogP contribution is 2.22. The third-order valence-electron chi connectivity index (χ3n) is 6.25. The lowest BCUT2D eigenvalue weighted by atomic mass is 9.91. The van der Waals surface area contributed by atoms with Gasteiger partial charge in [-0.15, -0.1) is 0 Å². The van der Waals surface area contributed by atoms with Gasteiger partial charge < -0.3 is 24.8 Å². The van der Waals surface area contributed by atoms with Crippen molar-refractivity contribution in [3.05, 3.63) is 11.6 Å². The topological polar surface area (TPSA) is 96.2 Å². The third-order valence-corrected chi connectivity index (χ3v) is 6.25. The summed E-state index contributed by atoms with van der Waals surface area (Å²) in [5.41, 5.74) is 1.31. The predicted octanol–water partition coefficient (Wildman–Crippen LogP) is 5.43. The summed E-state index contributed by atoms with van der Waals surface area (Å²) in [6, 6.07) is 0. The summed E-state index contributed by atoms with van der Waals surface area (Å²) in [4.78, 5) is 11.8. The van der Waals surface area contributed by atoms with Crippen LogP contribution in [0.1, 0.15) is 105 Å². The molecule has 0 fully saturated rings. The number of esters is 1. The van der Waals surface area contributed by atoms with Crippen molar-refractivity contribution >= 4 is 5.97 Å². The van der Waals surface area contributed by atoms with Gasteiger partial charge in [0.15, 0.2) is 0 Å². The van der Waals surface area contributed by atoms with Crippen molar-refractivity contribution in [1.29, 1.82) is 0 Å². The van der Waals surface area contributed by atoms with E-state index in [0.29, 0.717) is 12.8 Å². The van der Waals surface area contributed by atoms with E-state index in [9.17, 15) is 9.90 Å². The Morgan fingerprint density at radius 3 is 1.94 bits per heavy atom. The molecule has 0 saturated heterocycles. The Hall–Kier alpha value is -0.950. The summed E-state index contributed by atoms with van der Waals surface area (Å²) in [6.07, 6.45) is 12.8. The number of aliphatic hydroxyl groups is 3. The molecular weight excluding hydrogens is 432 g/mol. The van der Waals surface area contributed by atoms with Crippen molar-refractivity contribution in [1.82, 2.24) is 0 Å². The van der Waals surface area contributed by atoms with E-state index in [4.69, 9.17) is 19.7 Å². The third kappa shape index (κ3) is 21.6. The molecule has 0 bridgehead atoms. The molecule has 0 aromatic carbocycles. The van der Waals surface area contributed by atoms with Crippen LogP contribution in [-0.2, 0) is 14.3 Å². The molecule has 6 nitrogen and oxygen atoms in total. The standard InChI is InChI=1S/C28H54O6/c1-22(2)10-6-11-23(3)12-7-13-24(4)14-8-15-25(5)16-9-17-28(32)34-21-27(31)20-33-19-26(30)18-29/h16,22-24,26-27,29-31H,6-15,17-21H2,1-5H3. The van der Waals surface area contributed by atoms with Crippen LogP contribution in [0.4, 0.5) is 0 Å². The second kappa shape index (κ2) is 21.3. The summed E-state index contributed by atoms with van der Waals surface area (Å²) in [5, 5.41) is 27.6. The number of ether oxygens (including phenoxy) is 2. The van der Waals surface area contributed by atoms with Gasteiger partial charge >= 0.3 is 5.97 Å². The van der Waals surface area contributed by atoms with Gasteiger partial charge in [0.1, 0.15) is 18.8 Å². The van der Waals surface area contributed by atoms with Crippen LogP contribution in [-0.4, -0.2) is 59.9 Å². The molecule has 0 radical (unpaired) electrons. The lowest BCUT2D eigenvalue weighted by molar-refractivity contribution is -0.148. The number of aliphatic hydroxyl groups excluding tert-OH is 3. The first-order chi connectivity index (χ1) is 16.1. The Labute approximate surface area is 209 Å². The first-order valence-corrected chi connectivity index (χ1v) is 13.5. The van der Waals surface area contributed by atoms with E-state index in [-0.39, 0.29) is 25.8 Å². The van der Waals surface area contributed by atoms with Gasteiger partial charge in [0.05, 0.1) is 19.8 Å². The zero-order valence-electron chi connectivity index (χ0n) is 22.6. The van der Waals surface area contributed by atoms with E-state index in [1.807, 2.05) is 0 Å². The van der Waals surface area contributed by atoms with Gasteiger partial charge in [-0.05, 0) is 43.9 Å². The van der Waals surface area contributed by atoms with Crippen LogP contribution in [0.5, 0.6) is 0 Å². The van der Waals surface area contributed by atoms with Crippen molar-refractivity contribution in [3.8, 4) is 0 Å². The highest BCUT2D eigenvalue weighted by Gasteiger charge is 2.11. The molecule has 34 heavy (non-hydrogen) atoms. The predicted molar refractivity (Wildman–Crippen MR) is 139 cm³/mol. The number of hydrogen-bond donors (Lipinski definition) is 3. The summed E-state index contributed by atoms with van der Waals surface area (Å²) in [6.45, 7) is 10.9. The van der Waals surface area contributed by atoms with Crippen molar-refractivity contribution in [2.24, 2.45) is 17.8 Å². The summed E-state index contributed by atoms with van der Waals surface area (Å²) in [7, 11) is 0. The number of carbonyl (C=O) groups excluding carboxylic acids is 1. The maximum Gasteiger partial charge on any atom is 0.306 e. The fraction of sp³-hybridized carbons (Fsp3) is 0.893. The fourth-order valence-corrected chi connectivity index (χ4v) is 3.95. The average molecular weight is 487 g/mol. The average Bonchev–Trinajstić information content (AvgIpc) is 2.77. The zero-order chi connectivity index (χ0) is 25.8. The molecule has 0 amide bonds. The van der Waals surface area contributed by atoms with Crippen LogP contribution in [0, 0.1) is 17.8 Å². The van der Waals surface area contributed by atoms with Gasteiger partial charge in [0.25, 0.3) is 0 Å². The SMILES string of the molecule is CC(=CCCC(=O)OCC(O)COCC(O)CO)CCCC(C)CCCC(C)CCCC(C)C. The highest BCUT2D eigenvalue weighted by atomic mass is 16.5. The summed E-state index contributed by atoms with van der Waals surface area (Å²) >= 11 is 0. The summed E-state index contributed by atoms with van der Waals surface area (Å²) < 4.78 is 10.1. The molecule has 0 saturated carbocycles. The molecule has 202 valence electrons. The van der Waals surface area contributed by atoms with Gasteiger partial charge in [-0.3, -0.25) is 4.79 Å². The minimum atomic E-state index is -0.967. The zero-order valence-corrected chi connectivity index (χ0v) is 22.6. The van der Waals surface area contributed by atoms with Gasteiger partial charge in [-0.2, -0.15) is 0 Å². The van der Waals surface area contributed by atoms with E-state index in [1.165, 1.54) is 56.9 Å². The molecule has 0 heterocycles. The Bertz CT molecular complexity index is 519. The Morgan fingerprint density at radius 2 is 1.35 bits per heavy atom. The number of allylic oxidation sites excluding steroid dienone is 2. The van der Waals surface area contributed by atoms with Crippen LogP contribution in [0.2, 0.25) is 0 Å². The van der Waals surface area contributed by atoms with Gasteiger partial charge in [0.2, 0.25) is 0 Å². The Balaban J connectivity index is 3.77. The van der Waals surface area contributed by atoms with Crippen LogP contribution < -0.4 is 0 Å². The number of hydrogen-bond acceptors (Lipinski definition) is 6. The van der Waals surface area contributed by atoms with Crippen LogP contribution in [0.15, 0.2) is 11.6 Å². The van der Waals surface area contributed by atoms with E-state index in [1.54, 1.807) is 0 Å². The van der Waals surface area contributed by atoms with E-state index >= 15 is 0 Å². The monoisotopic (exact) mass is 486 g/mol. The Kier molecular flexibility index (Phi) is 20.7. The van der Waals surface area contributed by atoms with E-state index < -0.39 is 18.8 Å². The van der Waals surface area contributed by atoms with Gasteiger partial charge in [-0.25, -0.2) is 0 Å². The summed E-state index contributed by atoms with van der Waals surface area (Å²) in [5.74, 6) is 2.10. The maximum atomic E-state index is 11.8. The maximum absolute atomic E-state index is 11.8. The van der Waals surface area contributed by atoms with Gasteiger partial charge in [0, 0.05) is 6.42 Å². The molecule has 0 aliphatic heterocycles. The molecule has 0 aliphatic rings.